The van der Waals surface area contributed by atoms with Crippen molar-refractivity contribution in [1.82, 2.24) is 10.2 Å². The summed E-state index contributed by atoms with van der Waals surface area (Å²) in [4.78, 5) is 36.4. The van der Waals surface area contributed by atoms with Gasteiger partial charge >= 0.3 is 0 Å². The molecule has 0 saturated carbocycles. The minimum Gasteiger partial charge on any atom is -0.322 e. The van der Waals surface area contributed by atoms with Crippen LogP contribution < -0.4 is 5.32 Å². The predicted molar refractivity (Wildman–Crippen MR) is 81.3 cm³/mol. The maximum atomic E-state index is 12.5. The molecule has 114 valence electrons. The van der Waals surface area contributed by atoms with Crippen LogP contribution in [0, 0.1) is 0 Å². The number of rotatable bonds is 7. The van der Waals surface area contributed by atoms with Crippen LogP contribution in [-0.4, -0.2) is 35.7 Å². The smallest absolute Gasteiger partial charge is 0.255 e. The highest BCUT2D eigenvalue weighted by molar-refractivity contribution is 6.03. The zero-order chi connectivity index (χ0) is 16.0. The van der Waals surface area contributed by atoms with Gasteiger partial charge in [0.2, 0.25) is 12.3 Å². The van der Waals surface area contributed by atoms with E-state index >= 15 is 0 Å². The van der Waals surface area contributed by atoms with E-state index in [1.165, 1.54) is 11.0 Å². The number of carbonyl (C=O) groups excluding carboxylic acids is 3. The number of nitrogens with one attached hydrogen (secondary N) is 1. The van der Waals surface area contributed by atoms with Crippen molar-refractivity contribution in [2.24, 2.45) is 0 Å². The van der Waals surface area contributed by atoms with Gasteiger partial charge < -0.3 is 4.90 Å². The van der Waals surface area contributed by atoms with E-state index in [-0.39, 0.29) is 5.91 Å². The van der Waals surface area contributed by atoms with Crippen molar-refractivity contribution in [3.63, 3.8) is 0 Å². The quantitative estimate of drug-likeness (QED) is 0.726. The van der Waals surface area contributed by atoms with Gasteiger partial charge in [0.1, 0.15) is 6.04 Å². The Labute approximate surface area is 125 Å². The molecule has 0 spiro atoms. The van der Waals surface area contributed by atoms with Crippen LogP contribution in [0.2, 0.25) is 0 Å². The summed E-state index contributed by atoms with van der Waals surface area (Å²) in [6.45, 7) is 9.87. The Morgan fingerprint density at radius 1 is 1.48 bits per heavy atom. The van der Waals surface area contributed by atoms with Gasteiger partial charge in [-0.3, -0.25) is 19.7 Å². The molecule has 1 aliphatic rings. The summed E-state index contributed by atoms with van der Waals surface area (Å²) in [7, 11) is 0. The van der Waals surface area contributed by atoms with Gasteiger partial charge in [0.05, 0.1) is 0 Å². The van der Waals surface area contributed by atoms with Crippen LogP contribution >= 0.6 is 0 Å². The summed E-state index contributed by atoms with van der Waals surface area (Å²) < 4.78 is 0. The lowest BCUT2D eigenvalue weighted by molar-refractivity contribution is -0.137. The zero-order valence-corrected chi connectivity index (χ0v) is 12.8. The first-order valence-corrected chi connectivity index (χ1v) is 7.01. The molecule has 1 N–H and O–H groups in total. The standard InChI is InChI=1S/C16H22N2O3/c1-5-7-14(15(20)17-10-19)18-9-12(8-11(3)4)13(6-2)16(18)21/h6,8,10,14H,2,5,7,9H2,1,3-4H3,(H,17,19,20). The van der Waals surface area contributed by atoms with Crippen molar-refractivity contribution < 1.29 is 14.4 Å². The van der Waals surface area contributed by atoms with Crippen LogP contribution in [0.25, 0.3) is 0 Å². The summed E-state index contributed by atoms with van der Waals surface area (Å²) in [5.74, 6) is -0.654. The molecule has 0 aliphatic carbocycles. The highest BCUT2D eigenvalue weighted by Gasteiger charge is 2.35. The van der Waals surface area contributed by atoms with Crippen molar-refractivity contribution >= 4 is 18.2 Å². The number of hydrogen-bond acceptors (Lipinski definition) is 3. The Morgan fingerprint density at radius 3 is 2.62 bits per heavy atom. The van der Waals surface area contributed by atoms with E-state index < -0.39 is 11.9 Å². The van der Waals surface area contributed by atoms with E-state index in [4.69, 9.17) is 0 Å². The van der Waals surface area contributed by atoms with Gasteiger partial charge in [0.25, 0.3) is 5.91 Å². The Bertz CT molecular complexity index is 514. The predicted octanol–water partition coefficient (Wildman–Crippen LogP) is 1.72. The Hall–Kier alpha value is -2.17. The van der Waals surface area contributed by atoms with Crippen molar-refractivity contribution in [2.45, 2.75) is 39.7 Å². The highest BCUT2D eigenvalue weighted by atomic mass is 16.2. The molecule has 0 aromatic rings. The second kappa shape index (κ2) is 7.57. The lowest BCUT2D eigenvalue weighted by Gasteiger charge is -2.26. The zero-order valence-electron chi connectivity index (χ0n) is 12.8. The lowest BCUT2D eigenvalue weighted by atomic mass is 10.1. The van der Waals surface area contributed by atoms with Gasteiger partial charge in [-0.15, -0.1) is 0 Å². The number of hydrogen-bond donors (Lipinski definition) is 1. The van der Waals surface area contributed by atoms with E-state index in [0.717, 1.165) is 17.6 Å². The van der Waals surface area contributed by atoms with E-state index in [1.54, 1.807) is 0 Å². The number of allylic oxidation sites excluding steroid dienone is 1. The molecule has 0 fully saturated rings. The summed E-state index contributed by atoms with van der Waals surface area (Å²) in [6, 6.07) is -0.634. The van der Waals surface area contributed by atoms with E-state index in [2.05, 4.69) is 11.9 Å². The number of carbonyl (C=O) groups is 3. The third-order valence-corrected chi connectivity index (χ3v) is 3.29. The van der Waals surface area contributed by atoms with Crippen LogP contribution in [0.5, 0.6) is 0 Å². The molecule has 1 atom stereocenters. The third kappa shape index (κ3) is 3.90. The second-order valence-corrected chi connectivity index (χ2v) is 5.23. The first-order valence-electron chi connectivity index (χ1n) is 7.01. The number of nitrogens with zero attached hydrogens (tertiary/aromatic N) is 1. The van der Waals surface area contributed by atoms with E-state index in [9.17, 15) is 14.4 Å². The van der Waals surface area contributed by atoms with Crippen LogP contribution in [0.4, 0.5) is 0 Å². The lowest BCUT2D eigenvalue weighted by Crippen LogP contribution is -2.48. The molecule has 5 nitrogen and oxygen atoms in total. The van der Waals surface area contributed by atoms with Crippen LogP contribution in [0.15, 0.2) is 35.5 Å². The average Bonchev–Trinajstić information content (AvgIpc) is 2.71. The summed E-state index contributed by atoms with van der Waals surface area (Å²) >= 11 is 0. The summed E-state index contributed by atoms with van der Waals surface area (Å²) in [5.41, 5.74) is 2.45. The molecule has 0 saturated heterocycles. The average molecular weight is 290 g/mol. The molecule has 0 radical (unpaired) electrons. The molecule has 5 heteroatoms. The normalized spacial score (nSPS) is 15.8. The van der Waals surface area contributed by atoms with Crippen molar-refractivity contribution in [2.75, 3.05) is 6.54 Å². The Balaban J connectivity index is 3.07. The van der Waals surface area contributed by atoms with Crippen molar-refractivity contribution in [3.8, 4) is 0 Å². The van der Waals surface area contributed by atoms with Gasteiger partial charge in [-0.25, -0.2) is 0 Å². The molecular formula is C16H22N2O3. The first-order chi connectivity index (χ1) is 9.96. The summed E-state index contributed by atoms with van der Waals surface area (Å²) in [6.07, 6.45) is 5.05. The SMILES string of the molecule is C=CC1=C(C=C(C)C)CN(C(CCC)C(=O)NC=O)C1=O. The molecular weight excluding hydrogens is 268 g/mol. The maximum Gasteiger partial charge on any atom is 0.255 e. The fraction of sp³-hybridized carbons (Fsp3) is 0.438. The van der Waals surface area contributed by atoms with Crippen molar-refractivity contribution in [1.29, 1.82) is 0 Å². The van der Waals surface area contributed by atoms with Crippen LogP contribution in [0.3, 0.4) is 0 Å². The van der Waals surface area contributed by atoms with Gasteiger partial charge in [0.15, 0.2) is 0 Å². The molecule has 0 bridgehead atoms. The molecule has 1 heterocycles. The van der Waals surface area contributed by atoms with Gasteiger partial charge in [-0.05, 0) is 25.8 Å². The van der Waals surface area contributed by atoms with Gasteiger partial charge in [-0.2, -0.15) is 0 Å². The molecule has 1 unspecified atom stereocenters. The number of amides is 3. The maximum absolute atomic E-state index is 12.5. The van der Waals surface area contributed by atoms with Crippen LogP contribution in [-0.2, 0) is 14.4 Å². The molecule has 3 amide bonds. The monoisotopic (exact) mass is 290 g/mol. The molecule has 1 aliphatic heterocycles. The molecule has 1 rings (SSSR count). The Morgan fingerprint density at radius 2 is 2.14 bits per heavy atom. The largest absolute Gasteiger partial charge is 0.322 e. The third-order valence-electron chi connectivity index (χ3n) is 3.29. The highest BCUT2D eigenvalue weighted by Crippen LogP contribution is 2.25. The van der Waals surface area contributed by atoms with Gasteiger partial charge in [0, 0.05) is 12.1 Å². The fourth-order valence-corrected chi connectivity index (χ4v) is 2.43. The van der Waals surface area contributed by atoms with E-state index in [0.29, 0.717) is 24.9 Å². The fourth-order valence-electron chi connectivity index (χ4n) is 2.43. The van der Waals surface area contributed by atoms with Crippen molar-refractivity contribution in [3.05, 3.63) is 35.5 Å². The summed E-state index contributed by atoms with van der Waals surface area (Å²) in [5, 5.41) is 2.14. The second-order valence-electron chi connectivity index (χ2n) is 5.23. The van der Waals surface area contributed by atoms with E-state index in [1.807, 2.05) is 26.8 Å². The van der Waals surface area contributed by atoms with Gasteiger partial charge in [-0.1, -0.05) is 37.6 Å². The minimum atomic E-state index is -0.634. The minimum absolute atomic E-state index is 0.211. The Kier molecular flexibility index (Phi) is 6.09. The number of imide groups is 1. The first kappa shape index (κ1) is 16.9. The topological polar surface area (TPSA) is 66.5 Å². The molecule has 0 aromatic heterocycles. The molecule has 0 aromatic carbocycles. The molecule has 21 heavy (non-hydrogen) atoms. The van der Waals surface area contributed by atoms with Crippen LogP contribution in [0.1, 0.15) is 33.6 Å².